The van der Waals surface area contributed by atoms with Crippen LogP contribution < -0.4 is 5.19 Å². The average molecular weight is 261 g/mol. The highest BCUT2D eigenvalue weighted by atomic mass is 35.5. The summed E-state index contributed by atoms with van der Waals surface area (Å²) in [6, 6.07) is 10.8. The molecule has 2 heteroatoms. The molecule has 0 fully saturated rings. The Morgan fingerprint density at radius 3 is 2.29 bits per heavy atom. The lowest BCUT2D eigenvalue weighted by molar-refractivity contribution is 1.34. The van der Waals surface area contributed by atoms with E-state index in [0.29, 0.717) is 0 Å². The van der Waals surface area contributed by atoms with Crippen molar-refractivity contribution in [3.8, 4) is 11.1 Å². The Labute approximate surface area is 111 Å². The summed E-state index contributed by atoms with van der Waals surface area (Å²) in [7, 11) is 1.04. The molecule has 0 saturated heterocycles. The maximum Gasteiger partial charge on any atom is 0.0441 e. The molecule has 2 aromatic rings. The summed E-state index contributed by atoms with van der Waals surface area (Å²) >= 11 is 6.22. The third-order valence-corrected chi connectivity index (χ3v) is 4.65. The number of halogens is 1. The minimum Gasteiger partial charge on any atom is -0.0840 e. The molecule has 0 amide bonds. The number of hydrogen-bond donors (Lipinski definition) is 0. The fourth-order valence-electron chi connectivity index (χ4n) is 2.16. The van der Waals surface area contributed by atoms with Gasteiger partial charge in [0.05, 0.1) is 0 Å². The first-order valence-corrected chi connectivity index (χ1v) is 7.22. The molecule has 0 heterocycles. The van der Waals surface area contributed by atoms with Gasteiger partial charge in [-0.25, -0.2) is 0 Å². The van der Waals surface area contributed by atoms with Crippen LogP contribution in [0.4, 0.5) is 0 Å². The van der Waals surface area contributed by atoms with Crippen molar-refractivity contribution in [2.45, 2.75) is 20.8 Å². The van der Waals surface area contributed by atoms with Gasteiger partial charge < -0.3 is 0 Å². The maximum absolute atomic E-state index is 6.22. The van der Waals surface area contributed by atoms with Crippen LogP contribution in [0.1, 0.15) is 16.7 Å². The summed E-state index contributed by atoms with van der Waals surface area (Å²) in [5, 5.41) is 2.27. The molecule has 0 N–H and O–H groups in total. The summed E-state index contributed by atoms with van der Waals surface area (Å²) in [4.78, 5) is 0. The molecular weight excluding hydrogens is 244 g/mol. The predicted molar refractivity (Wildman–Crippen MR) is 80.7 cm³/mol. The molecule has 0 atom stereocenters. The van der Waals surface area contributed by atoms with Gasteiger partial charge in [0.25, 0.3) is 0 Å². The van der Waals surface area contributed by atoms with Crippen LogP contribution in [0.15, 0.2) is 30.3 Å². The lowest BCUT2D eigenvalue weighted by Crippen LogP contribution is -2.08. The van der Waals surface area contributed by atoms with Crippen LogP contribution in [0.3, 0.4) is 0 Å². The second-order valence-electron chi connectivity index (χ2n) is 4.66. The van der Waals surface area contributed by atoms with Gasteiger partial charge in [-0.1, -0.05) is 41.1 Å². The second kappa shape index (κ2) is 4.67. The second-order valence-corrected chi connectivity index (χ2v) is 6.15. The number of hydrogen-bond acceptors (Lipinski definition) is 0. The van der Waals surface area contributed by atoms with Crippen molar-refractivity contribution in [3.63, 3.8) is 0 Å². The molecule has 17 heavy (non-hydrogen) atoms. The van der Waals surface area contributed by atoms with E-state index in [1.807, 2.05) is 6.07 Å². The van der Waals surface area contributed by atoms with Gasteiger partial charge in [0.1, 0.15) is 0 Å². The molecule has 0 unspecified atom stereocenters. The van der Waals surface area contributed by atoms with E-state index in [-0.39, 0.29) is 0 Å². The highest BCUT2D eigenvalue weighted by molar-refractivity contribution is 6.38. The Hall–Kier alpha value is -1.05. The zero-order valence-corrected chi connectivity index (χ0v) is 13.5. The van der Waals surface area contributed by atoms with Crippen LogP contribution in [-0.4, -0.2) is 10.2 Å². The van der Waals surface area contributed by atoms with Crippen LogP contribution in [0, 0.1) is 20.8 Å². The van der Waals surface area contributed by atoms with Gasteiger partial charge in [-0.2, -0.15) is 0 Å². The van der Waals surface area contributed by atoms with Crippen LogP contribution in [0.25, 0.3) is 11.1 Å². The Kier molecular flexibility index (Phi) is 3.41. The molecular formula is C15H17ClSi. The Bertz CT molecular complexity index is 573. The summed E-state index contributed by atoms with van der Waals surface area (Å²) < 4.78 is 0. The zero-order chi connectivity index (χ0) is 12.6. The Morgan fingerprint density at radius 1 is 0.941 bits per heavy atom. The molecule has 2 rings (SSSR count). The zero-order valence-electron chi connectivity index (χ0n) is 10.8. The van der Waals surface area contributed by atoms with Crippen molar-refractivity contribution in [2.24, 2.45) is 0 Å². The van der Waals surface area contributed by atoms with Crippen molar-refractivity contribution in [3.05, 3.63) is 52.0 Å². The van der Waals surface area contributed by atoms with E-state index < -0.39 is 0 Å². The van der Waals surface area contributed by atoms with Gasteiger partial charge in [0, 0.05) is 15.3 Å². The number of aryl methyl sites for hydroxylation is 2. The fraction of sp³-hybridized carbons (Fsp3) is 0.200. The SMILES string of the molecule is Cc1ccc(-c2c([SiH3])ccc(Cl)c2C)cc1C. The molecule has 0 spiro atoms. The fourth-order valence-corrected chi connectivity index (χ4v) is 3.15. The molecule has 2 aromatic carbocycles. The first-order chi connectivity index (χ1) is 8.00. The number of rotatable bonds is 1. The molecule has 0 aliphatic heterocycles. The lowest BCUT2D eigenvalue weighted by Gasteiger charge is -2.13. The van der Waals surface area contributed by atoms with Crippen molar-refractivity contribution >= 4 is 27.0 Å². The number of benzene rings is 2. The topological polar surface area (TPSA) is 0 Å². The highest BCUT2D eigenvalue weighted by Crippen LogP contribution is 2.27. The standard InChI is InChI=1S/C15H17ClSi/c1-9-4-5-12(8-10(9)2)15-11(3)13(16)6-7-14(15)17/h4-8H,1-3,17H3. The lowest BCUT2D eigenvalue weighted by atomic mass is 9.97. The van der Waals surface area contributed by atoms with Crippen LogP contribution in [0.5, 0.6) is 0 Å². The molecule has 88 valence electrons. The normalized spacial score (nSPS) is 10.8. The molecule has 0 nitrogen and oxygen atoms in total. The largest absolute Gasteiger partial charge is 0.0840 e. The van der Waals surface area contributed by atoms with E-state index in [9.17, 15) is 0 Å². The summed E-state index contributed by atoms with van der Waals surface area (Å²) in [5.41, 5.74) is 6.49. The smallest absolute Gasteiger partial charge is 0.0441 e. The van der Waals surface area contributed by atoms with E-state index in [4.69, 9.17) is 11.6 Å². The summed E-state index contributed by atoms with van der Waals surface area (Å²) in [6.07, 6.45) is 0. The first-order valence-electron chi connectivity index (χ1n) is 5.84. The van der Waals surface area contributed by atoms with E-state index in [1.54, 1.807) is 0 Å². The monoisotopic (exact) mass is 260 g/mol. The van der Waals surface area contributed by atoms with Gasteiger partial charge in [0.15, 0.2) is 0 Å². The van der Waals surface area contributed by atoms with Crippen molar-refractivity contribution in [2.75, 3.05) is 0 Å². The van der Waals surface area contributed by atoms with E-state index >= 15 is 0 Å². The van der Waals surface area contributed by atoms with Crippen LogP contribution in [-0.2, 0) is 0 Å². The first kappa shape index (κ1) is 12.4. The molecule has 0 radical (unpaired) electrons. The summed E-state index contributed by atoms with van der Waals surface area (Å²) in [6.45, 7) is 6.41. The quantitative estimate of drug-likeness (QED) is 0.692. The van der Waals surface area contributed by atoms with Gasteiger partial charge in [0.2, 0.25) is 0 Å². The maximum atomic E-state index is 6.22. The third kappa shape index (κ3) is 2.31. The Balaban J connectivity index is 2.68. The van der Waals surface area contributed by atoms with E-state index in [2.05, 4.69) is 45.0 Å². The van der Waals surface area contributed by atoms with Crippen molar-refractivity contribution in [1.82, 2.24) is 0 Å². The molecule has 0 saturated carbocycles. The van der Waals surface area contributed by atoms with Crippen LogP contribution in [0.2, 0.25) is 5.02 Å². The van der Waals surface area contributed by atoms with Gasteiger partial charge in [-0.3, -0.25) is 0 Å². The van der Waals surface area contributed by atoms with Crippen molar-refractivity contribution < 1.29 is 0 Å². The predicted octanol–water partition coefficient (Wildman–Crippen LogP) is 2.92. The minimum absolute atomic E-state index is 0.859. The van der Waals surface area contributed by atoms with E-state index in [1.165, 1.54) is 33.0 Å². The Morgan fingerprint density at radius 2 is 1.65 bits per heavy atom. The van der Waals surface area contributed by atoms with Crippen molar-refractivity contribution in [1.29, 1.82) is 0 Å². The van der Waals surface area contributed by atoms with Gasteiger partial charge in [-0.15, -0.1) is 0 Å². The highest BCUT2D eigenvalue weighted by Gasteiger charge is 2.08. The molecule has 0 aliphatic rings. The van der Waals surface area contributed by atoms with Gasteiger partial charge >= 0.3 is 0 Å². The molecule has 0 bridgehead atoms. The molecule has 0 aromatic heterocycles. The van der Waals surface area contributed by atoms with E-state index in [0.717, 1.165) is 15.3 Å². The average Bonchev–Trinajstić information content (AvgIpc) is 2.29. The minimum atomic E-state index is 0.859. The third-order valence-electron chi connectivity index (χ3n) is 3.40. The van der Waals surface area contributed by atoms with Gasteiger partial charge in [-0.05, 0) is 54.7 Å². The summed E-state index contributed by atoms with van der Waals surface area (Å²) in [5.74, 6) is 0. The molecule has 0 aliphatic carbocycles. The van der Waals surface area contributed by atoms with Crippen LogP contribution >= 0.6 is 11.6 Å².